The van der Waals surface area contributed by atoms with Crippen molar-refractivity contribution in [3.8, 4) is 0 Å². The van der Waals surface area contributed by atoms with Crippen LogP contribution < -0.4 is 11.1 Å². The van der Waals surface area contributed by atoms with Crippen LogP contribution in [0.4, 0.5) is 0 Å². The van der Waals surface area contributed by atoms with Crippen LogP contribution in [-0.2, 0) is 4.79 Å². The summed E-state index contributed by atoms with van der Waals surface area (Å²) in [5, 5.41) is 2.92. The highest BCUT2D eigenvalue weighted by molar-refractivity contribution is 5.81. The maximum absolute atomic E-state index is 11.5. The van der Waals surface area contributed by atoms with Gasteiger partial charge in [-0.15, -0.1) is 0 Å². The first-order chi connectivity index (χ1) is 7.04. The Hall–Kier alpha value is -0.610. The Morgan fingerprint density at radius 2 is 1.87 bits per heavy atom. The Morgan fingerprint density at radius 3 is 2.27 bits per heavy atom. The first-order valence-electron chi connectivity index (χ1n) is 5.83. The van der Waals surface area contributed by atoms with Crippen LogP contribution in [-0.4, -0.2) is 42.5 Å². The summed E-state index contributed by atoms with van der Waals surface area (Å²) in [6.45, 7) is 11.1. The molecule has 4 heteroatoms. The highest BCUT2D eigenvalue weighted by Gasteiger charge is 2.14. The molecule has 0 heterocycles. The SMILES string of the molecule is CC[C@H](N)C(=O)NC(C)CN(CC)CC. The summed E-state index contributed by atoms with van der Waals surface area (Å²) >= 11 is 0. The van der Waals surface area contributed by atoms with Crippen molar-refractivity contribution in [2.75, 3.05) is 19.6 Å². The summed E-state index contributed by atoms with van der Waals surface area (Å²) in [5.74, 6) is -0.0443. The average Bonchev–Trinajstić information content (AvgIpc) is 2.24. The molecule has 0 spiro atoms. The summed E-state index contributed by atoms with van der Waals surface area (Å²) < 4.78 is 0. The van der Waals surface area contributed by atoms with Crippen LogP contribution in [0, 0.1) is 0 Å². The van der Waals surface area contributed by atoms with Gasteiger partial charge in [-0.3, -0.25) is 4.79 Å². The van der Waals surface area contributed by atoms with E-state index in [1.54, 1.807) is 0 Å². The number of hydrogen-bond donors (Lipinski definition) is 2. The molecule has 1 amide bonds. The molecule has 0 saturated heterocycles. The summed E-state index contributed by atoms with van der Waals surface area (Å²) in [6.07, 6.45) is 0.684. The van der Waals surface area contributed by atoms with Crippen LogP contribution in [0.3, 0.4) is 0 Å². The quantitative estimate of drug-likeness (QED) is 0.653. The fourth-order valence-electron chi connectivity index (χ4n) is 1.45. The molecule has 4 nitrogen and oxygen atoms in total. The van der Waals surface area contributed by atoms with Gasteiger partial charge in [-0.25, -0.2) is 0 Å². The summed E-state index contributed by atoms with van der Waals surface area (Å²) in [7, 11) is 0. The van der Waals surface area contributed by atoms with Gasteiger partial charge in [-0.05, 0) is 26.4 Å². The highest BCUT2D eigenvalue weighted by Crippen LogP contribution is 1.93. The standard InChI is InChI=1S/C11H25N3O/c1-5-10(12)11(15)13-9(4)8-14(6-2)7-3/h9-10H,5-8,12H2,1-4H3,(H,13,15)/t9?,10-/m0/s1. The normalized spacial score (nSPS) is 15.1. The van der Waals surface area contributed by atoms with Crippen LogP contribution in [0.25, 0.3) is 0 Å². The first-order valence-corrected chi connectivity index (χ1v) is 5.83. The molecule has 0 aromatic carbocycles. The maximum Gasteiger partial charge on any atom is 0.237 e. The number of carbonyl (C=O) groups is 1. The summed E-state index contributed by atoms with van der Waals surface area (Å²) in [6, 6.07) is -0.209. The van der Waals surface area contributed by atoms with Crippen LogP contribution in [0.15, 0.2) is 0 Å². The van der Waals surface area contributed by atoms with Gasteiger partial charge >= 0.3 is 0 Å². The third-order valence-electron chi connectivity index (χ3n) is 2.59. The van der Waals surface area contributed by atoms with E-state index in [-0.39, 0.29) is 18.0 Å². The lowest BCUT2D eigenvalue weighted by molar-refractivity contribution is -0.123. The smallest absolute Gasteiger partial charge is 0.237 e. The maximum atomic E-state index is 11.5. The van der Waals surface area contributed by atoms with Crippen LogP contribution >= 0.6 is 0 Å². The number of nitrogens with zero attached hydrogens (tertiary/aromatic N) is 1. The van der Waals surface area contributed by atoms with E-state index in [4.69, 9.17) is 5.73 Å². The minimum atomic E-state index is -0.371. The third kappa shape index (κ3) is 5.74. The van der Waals surface area contributed by atoms with Crippen LogP contribution in [0.5, 0.6) is 0 Å². The predicted molar refractivity (Wildman–Crippen MR) is 63.7 cm³/mol. The van der Waals surface area contributed by atoms with Crippen molar-refractivity contribution in [2.24, 2.45) is 5.73 Å². The molecule has 0 saturated carbocycles. The molecule has 2 atom stereocenters. The molecule has 0 bridgehead atoms. The van der Waals surface area contributed by atoms with Crippen LogP contribution in [0.1, 0.15) is 34.1 Å². The minimum Gasteiger partial charge on any atom is -0.351 e. The lowest BCUT2D eigenvalue weighted by Gasteiger charge is -2.24. The van der Waals surface area contributed by atoms with Crippen molar-refractivity contribution >= 4 is 5.91 Å². The predicted octanol–water partition coefficient (Wildman–Crippen LogP) is 0.570. The lowest BCUT2D eigenvalue weighted by Crippen LogP contribution is -2.48. The largest absolute Gasteiger partial charge is 0.351 e. The second-order valence-corrected chi connectivity index (χ2v) is 3.91. The first kappa shape index (κ1) is 14.4. The molecule has 0 fully saturated rings. The Bertz CT molecular complexity index is 181. The number of likely N-dealkylation sites (N-methyl/N-ethyl adjacent to an activating group) is 1. The van der Waals surface area contributed by atoms with Gasteiger partial charge in [0.25, 0.3) is 0 Å². The van der Waals surface area contributed by atoms with Crippen LogP contribution in [0.2, 0.25) is 0 Å². The Kier molecular flexibility index (Phi) is 7.34. The molecular formula is C11H25N3O. The minimum absolute atomic E-state index is 0.0443. The Morgan fingerprint density at radius 1 is 1.33 bits per heavy atom. The zero-order valence-electron chi connectivity index (χ0n) is 10.4. The van der Waals surface area contributed by atoms with Crippen molar-refractivity contribution in [3.05, 3.63) is 0 Å². The number of hydrogen-bond acceptors (Lipinski definition) is 3. The molecule has 0 aromatic heterocycles. The Balaban J connectivity index is 3.91. The van der Waals surface area contributed by atoms with Crippen molar-refractivity contribution in [2.45, 2.75) is 46.2 Å². The third-order valence-corrected chi connectivity index (χ3v) is 2.59. The van der Waals surface area contributed by atoms with E-state index >= 15 is 0 Å². The summed E-state index contributed by atoms with van der Waals surface area (Å²) in [4.78, 5) is 13.8. The van der Waals surface area contributed by atoms with E-state index in [9.17, 15) is 4.79 Å². The number of amides is 1. The lowest BCUT2D eigenvalue weighted by atomic mass is 10.2. The Labute approximate surface area is 93.2 Å². The van der Waals surface area contributed by atoms with Gasteiger partial charge in [0.05, 0.1) is 6.04 Å². The van der Waals surface area contributed by atoms with E-state index in [1.165, 1.54) is 0 Å². The van der Waals surface area contributed by atoms with Crippen molar-refractivity contribution in [1.82, 2.24) is 10.2 Å². The fourth-order valence-corrected chi connectivity index (χ4v) is 1.45. The monoisotopic (exact) mass is 215 g/mol. The molecule has 0 aliphatic rings. The topological polar surface area (TPSA) is 58.4 Å². The number of nitrogens with one attached hydrogen (secondary N) is 1. The van der Waals surface area contributed by atoms with E-state index in [0.717, 1.165) is 19.6 Å². The van der Waals surface area contributed by atoms with Crippen molar-refractivity contribution in [1.29, 1.82) is 0 Å². The molecule has 3 N–H and O–H groups in total. The molecule has 0 radical (unpaired) electrons. The highest BCUT2D eigenvalue weighted by atomic mass is 16.2. The van der Waals surface area contributed by atoms with Gasteiger partial charge in [-0.2, -0.15) is 0 Å². The van der Waals surface area contributed by atoms with Gasteiger partial charge in [0.1, 0.15) is 0 Å². The van der Waals surface area contributed by atoms with Gasteiger partial charge in [0.15, 0.2) is 0 Å². The van der Waals surface area contributed by atoms with Crippen molar-refractivity contribution < 1.29 is 4.79 Å². The molecule has 90 valence electrons. The molecular weight excluding hydrogens is 190 g/mol. The fraction of sp³-hybridized carbons (Fsp3) is 0.909. The molecule has 0 aliphatic heterocycles. The van der Waals surface area contributed by atoms with Gasteiger partial charge in [0, 0.05) is 12.6 Å². The van der Waals surface area contributed by atoms with Crippen molar-refractivity contribution in [3.63, 3.8) is 0 Å². The van der Waals surface area contributed by atoms with Gasteiger partial charge < -0.3 is 16.0 Å². The van der Waals surface area contributed by atoms with E-state index in [2.05, 4.69) is 24.1 Å². The molecule has 15 heavy (non-hydrogen) atoms. The summed E-state index contributed by atoms with van der Waals surface area (Å²) in [5.41, 5.74) is 5.63. The number of nitrogens with two attached hydrogens (primary N) is 1. The average molecular weight is 215 g/mol. The van der Waals surface area contributed by atoms with Gasteiger partial charge in [-0.1, -0.05) is 20.8 Å². The molecule has 0 rings (SSSR count). The number of rotatable bonds is 7. The zero-order valence-corrected chi connectivity index (χ0v) is 10.4. The zero-order chi connectivity index (χ0) is 11.8. The molecule has 0 aromatic rings. The van der Waals surface area contributed by atoms with E-state index < -0.39 is 0 Å². The number of carbonyl (C=O) groups excluding carboxylic acids is 1. The van der Waals surface area contributed by atoms with E-state index in [0.29, 0.717) is 6.42 Å². The second-order valence-electron chi connectivity index (χ2n) is 3.91. The van der Waals surface area contributed by atoms with E-state index in [1.807, 2.05) is 13.8 Å². The van der Waals surface area contributed by atoms with Gasteiger partial charge in [0.2, 0.25) is 5.91 Å². The second kappa shape index (κ2) is 7.65. The molecule has 0 aliphatic carbocycles. The molecule has 1 unspecified atom stereocenters.